The maximum absolute atomic E-state index is 14.4. The van der Waals surface area contributed by atoms with Crippen LogP contribution in [0, 0.1) is 17.1 Å². The van der Waals surface area contributed by atoms with E-state index in [0.29, 0.717) is 39.7 Å². The molecule has 33 heavy (non-hydrogen) atoms. The van der Waals surface area contributed by atoms with Crippen LogP contribution in [-0.4, -0.2) is 29.0 Å². The number of thioether (sulfide) groups is 1. The summed E-state index contributed by atoms with van der Waals surface area (Å²) in [5.41, 5.74) is 2.64. The van der Waals surface area contributed by atoms with E-state index in [4.69, 9.17) is 11.6 Å². The van der Waals surface area contributed by atoms with Crippen LogP contribution in [0.2, 0.25) is 5.02 Å². The van der Waals surface area contributed by atoms with Crippen molar-refractivity contribution >= 4 is 40.9 Å². The van der Waals surface area contributed by atoms with Crippen molar-refractivity contribution in [2.24, 2.45) is 0 Å². The van der Waals surface area contributed by atoms with Crippen LogP contribution in [0.5, 0.6) is 0 Å². The second kappa shape index (κ2) is 8.22. The van der Waals surface area contributed by atoms with Gasteiger partial charge in [0.15, 0.2) is 4.87 Å². The number of rotatable bonds is 3. The van der Waals surface area contributed by atoms with Crippen LogP contribution in [0.25, 0.3) is 0 Å². The van der Waals surface area contributed by atoms with Crippen LogP contribution in [0.4, 0.5) is 10.1 Å². The highest BCUT2D eigenvalue weighted by Gasteiger charge is 2.59. The Hall–Kier alpha value is -3.34. The largest absolute Gasteiger partial charge is 0.311 e. The van der Waals surface area contributed by atoms with Crippen LogP contribution in [0.1, 0.15) is 27.0 Å². The van der Waals surface area contributed by atoms with E-state index in [1.807, 2.05) is 6.07 Å². The molecule has 0 radical (unpaired) electrons. The van der Waals surface area contributed by atoms with Crippen molar-refractivity contribution in [1.29, 1.82) is 5.26 Å². The Bertz CT molecular complexity index is 1340. The Morgan fingerprint density at radius 2 is 1.97 bits per heavy atom. The third kappa shape index (κ3) is 3.47. The lowest BCUT2D eigenvalue weighted by Gasteiger charge is -2.33. The zero-order valence-electron chi connectivity index (χ0n) is 17.3. The molecule has 1 unspecified atom stereocenters. The van der Waals surface area contributed by atoms with Crippen molar-refractivity contribution in [2.75, 3.05) is 17.2 Å². The monoisotopic (exact) mass is 477 g/mol. The van der Waals surface area contributed by atoms with Gasteiger partial charge in [-0.25, -0.2) is 4.39 Å². The fourth-order valence-corrected chi connectivity index (χ4v) is 6.09. The van der Waals surface area contributed by atoms with E-state index in [0.717, 1.165) is 5.56 Å². The number of hydrogen-bond acceptors (Lipinski definition) is 4. The molecule has 0 N–H and O–H groups in total. The van der Waals surface area contributed by atoms with E-state index >= 15 is 0 Å². The molecule has 2 aliphatic rings. The predicted octanol–water partition coefficient (Wildman–Crippen LogP) is 4.94. The summed E-state index contributed by atoms with van der Waals surface area (Å²) in [4.78, 5) is 29.2. The summed E-state index contributed by atoms with van der Waals surface area (Å²) in [7, 11) is 0. The van der Waals surface area contributed by atoms with Gasteiger partial charge in [0.1, 0.15) is 5.82 Å². The number of nitriles is 1. The van der Waals surface area contributed by atoms with Gasteiger partial charge in [-0.1, -0.05) is 29.8 Å². The van der Waals surface area contributed by atoms with E-state index < -0.39 is 10.7 Å². The third-order valence-electron chi connectivity index (χ3n) is 5.87. The van der Waals surface area contributed by atoms with Gasteiger partial charge in [0, 0.05) is 28.4 Å². The minimum Gasteiger partial charge on any atom is -0.311 e. The molecule has 1 saturated heterocycles. The molecule has 0 aliphatic carbocycles. The molecule has 3 aromatic rings. The number of amides is 2. The Morgan fingerprint density at radius 1 is 1.15 bits per heavy atom. The van der Waals surface area contributed by atoms with Gasteiger partial charge in [-0.15, -0.1) is 11.8 Å². The maximum Gasteiger partial charge on any atom is 0.268 e. The van der Waals surface area contributed by atoms with Crippen molar-refractivity contribution < 1.29 is 14.0 Å². The molecule has 5 nitrogen and oxygen atoms in total. The summed E-state index contributed by atoms with van der Waals surface area (Å²) < 4.78 is 14.4. The minimum absolute atomic E-state index is 0.203. The second-order valence-electron chi connectivity index (χ2n) is 7.82. The molecule has 3 aromatic carbocycles. The lowest BCUT2D eigenvalue weighted by molar-refractivity contribution is -0.123. The summed E-state index contributed by atoms with van der Waals surface area (Å²) in [6.07, 6.45) is 0. The normalized spacial score (nSPS) is 19.1. The van der Waals surface area contributed by atoms with E-state index in [1.54, 1.807) is 53.4 Å². The maximum atomic E-state index is 14.4. The Kier molecular flexibility index (Phi) is 5.35. The standard InChI is InChI=1S/C25H17ClFN3O2S/c26-19-6-2-5-18(12-19)23(31)30-9-10-33-25(30)21-13-20(27)7-8-22(21)29(24(25)32)15-17-4-1-3-16(11-17)14-28/h1-8,11-13H,9-10,15H2. The van der Waals surface area contributed by atoms with Gasteiger partial charge in [0.05, 0.1) is 23.9 Å². The Balaban J connectivity index is 1.60. The van der Waals surface area contributed by atoms with Crippen LogP contribution in [0.15, 0.2) is 66.7 Å². The number of fused-ring (bicyclic) bond motifs is 2. The molecule has 5 rings (SSSR count). The van der Waals surface area contributed by atoms with Crippen molar-refractivity contribution in [3.63, 3.8) is 0 Å². The molecular formula is C25H17ClFN3O2S. The van der Waals surface area contributed by atoms with E-state index in [-0.39, 0.29) is 18.4 Å². The topological polar surface area (TPSA) is 64.4 Å². The highest BCUT2D eigenvalue weighted by molar-refractivity contribution is 8.01. The first-order chi connectivity index (χ1) is 15.9. The molecule has 1 atom stereocenters. The molecule has 2 aliphatic heterocycles. The molecule has 8 heteroatoms. The number of carbonyl (C=O) groups excluding carboxylic acids is 2. The van der Waals surface area contributed by atoms with Crippen LogP contribution < -0.4 is 4.90 Å². The predicted molar refractivity (Wildman–Crippen MR) is 125 cm³/mol. The van der Waals surface area contributed by atoms with Crippen molar-refractivity contribution in [2.45, 2.75) is 11.4 Å². The van der Waals surface area contributed by atoms with E-state index in [9.17, 15) is 19.2 Å². The van der Waals surface area contributed by atoms with Gasteiger partial charge in [0.2, 0.25) is 0 Å². The van der Waals surface area contributed by atoms with Crippen molar-refractivity contribution in [1.82, 2.24) is 4.90 Å². The van der Waals surface area contributed by atoms with Crippen LogP contribution in [0.3, 0.4) is 0 Å². The highest BCUT2D eigenvalue weighted by Crippen LogP contribution is 2.55. The minimum atomic E-state index is -1.36. The smallest absolute Gasteiger partial charge is 0.268 e. The highest BCUT2D eigenvalue weighted by atomic mass is 35.5. The van der Waals surface area contributed by atoms with Crippen LogP contribution >= 0.6 is 23.4 Å². The van der Waals surface area contributed by atoms with Gasteiger partial charge < -0.3 is 9.80 Å². The number of halogens is 2. The number of carbonyl (C=O) groups is 2. The van der Waals surface area contributed by atoms with E-state index in [2.05, 4.69) is 6.07 Å². The first-order valence-electron chi connectivity index (χ1n) is 10.3. The molecular weight excluding hydrogens is 461 g/mol. The molecule has 0 bridgehead atoms. The van der Waals surface area contributed by atoms with Crippen LogP contribution in [-0.2, 0) is 16.2 Å². The molecule has 1 fully saturated rings. The fraction of sp³-hybridized carbons (Fsp3) is 0.160. The molecule has 164 valence electrons. The SMILES string of the molecule is N#Cc1cccc(CN2C(=O)C3(SCCN3C(=O)c3cccc(Cl)c3)c3cc(F)ccc32)c1. The number of hydrogen-bond donors (Lipinski definition) is 0. The Morgan fingerprint density at radius 3 is 2.76 bits per heavy atom. The average Bonchev–Trinajstić information content (AvgIpc) is 3.36. The van der Waals surface area contributed by atoms with Crippen molar-refractivity contribution in [3.05, 3.63) is 99.8 Å². The summed E-state index contributed by atoms with van der Waals surface area (Å²) >= 11 is 7.42. The first kappa shape index (κ1) is 21.5. The van der Waals surface area contributed by atoms with Gasteiger partial charge >= 0.3 is 0 Å². The molecule has 0 aromatic heterocycles. The van der Waals surface area contributed by atoms with Gasteiger partial charge in [-0.3, -0.25) is 9.59 Å². The number of benzene rings is 3. The fourth-order valence-electron chi connectivity index (χ4n) is 4.44. The zero-order valence-corrected chi connectivity index (χ0v) is 18.9. The van der Waals surface area contributed by atoms with E-state index in [1.165, 1.54) is 28.8 Å². The van der Waals surface area contributed by atoms with Crippen molar-refractivity contribution in [3.8, 4) is 6.07 Å². The lowest BCUT2D eigenvalue weighted by Crippen LogP contribution is -2.50. The van der Waals surface area contributed by atoms with Gasteiger partial charge in [-0.2, -0.15) is 5.26 Å². The molecule has 2 heterocycles. The third-order valence-corrected chi connectivity index (χ3v) is 7.52. The second-order valence-corrected chi connectivity index (χ2v) is 9.55. The average molecular weight is 478 g/mol. The summed E-state index contributed by atoms with van der Waals surface area (Å²) in [5.74, 6) is -0.578. The summed E-state index contributed by atoms with van der Waals surface area (Å²) in [6, 6.07) is 19.9. The summed E-state index contributed by atoms with van der Waals surface area (Å²) in [6.45, 7) is 0.546. The summed E-state index contributed by atoms with van der Waals surface area (Å²) in [5, 5.41) is 9.65. The Labute approximate surface area is 199 Å². The zero-order chi connectivity index (χ0) is 23.2. The molecule has 0 saturated carbocycles. The number of nitrogens with zero attached hydrogens (tertiary/aromatic N) is 3. The first-order valence-corrected chi connectivity index (χ1v) is 11.6. The number of anilines is 1. The molecule has 1 spiro atoms. The van der Waals surface area contributed by atoms with Gasteiger partial charge in [-0.05, 0) is 54.1 Å². The lowest BCUT2D eigenvalue weighted by atomic mass is 10.0. The quantitative estimate of drug-likeness (QED) is 0.536. The van der Waals surface area contributed by atoms with Gasteiger partial charge in [0.25, 0.3) is 11.8 Å². The molecule has 2 amide bonds.